The van der Waals surface area contributed by atoms with Crippen molar-refractivity contribution in [2.24, 2.45) is 0 Å². The molecule has 0 bridgehead atoms. The zero-order chi connectivity index (χ0) is 18.3. The van der Waals surface area contributed by atoms with E-state index >= 15 is 0 Å². The molecular formula is C19H23N5OS. The van der Waals surface area contributed by atoms with Gasteiger partial charge in [0.1, 0.15) is 5.82 Å². The number of hydrogen-bond acceptors (Lipinski definition) is 7. The maximum Gasteiger partial charge on any atom is 0.239 e. The second-order valence-corrected chi connectivity index (χ2v) is 9.06. The van der Waals surface area contributed by atoms with Crippen molar-refractivity contribution in [1.82, 2.24) is 20.1 Å². The SMILES string of the molecule is C[C@@H](Sc1nc(NC2CC2)c2ccccc2n1)c1nc(C(C)(C)C)no1. The van der Waals surface area contributed by atoms with Crippen LogP contribution in [0.4, 0.5) is 5.82 Å². The summed E-state index contributed by atoms with van der Waals surface area (Å²) >= 11 is 1.54. The lowest BCUT2D eigenvalue weighted by atomic mass is 9.96. The van der Waals surface area contributed by atoms with Crippen molar-refractivity contribution in [2.45, 2.75) is 62.4 Å². The molecule has 1 aliphatic carbocycles. The van der Waals surface area contributed by atoms with Crippen LogP contribution in [0, 0.1) is 0 Å². The highest BCUT2D eigenvalue weighted by molar-refractivity contribution is 7.99. The van der Waals surface area contributed by atoms with Gasteiger partial charge in [-0.25, -0.2) is 9.97 Å². The lowest BCUT2D eigenvalue weighted by Gasteiger charge is -2.12. The van der Waals surface area contributed by atoms with Crippen LogP contribution < -0.4 is 5.32 Å². The van der Waals surface area contributed by atoms with Crippen LogP contribution in [0.5, 0.6) is 0 Å². The lowest BCUT2D eigenvalue weighted by Crippen LogP contribution is -2.13. The molecule has 1 fully saturated rings. The smallest absolute Gasteiger partial charge is 0.239 e. The highest BCUT2D eigenvalue weighted by atomic mass is 32.2. The summed E-state index contributed by atoms with van der Waals surface area (Å²) in [6.07, 6.45) is 2.41. The van der Waals surface area contributed by atoms with Gasteiger partial charge in [0.2, 0.25) is 5.89 Å². The Bertz CT molecular complexity index is 929. The van der Waals surface area contributed by atoms with Gasteiger partial charge >= 0.3 is 0 Å². The van der Waals surface area contributed by atoms with E-state index in [1.54, 1.807) is 0 Å². The first kappa shape index (κ1) is 17.3. The molecule has 0 unspecified atom stereocenters. The van der Waals surface area contributed by atoms with Gasteiger partial charge < -0.3 is 9.84 Å². The highest BCUT2D eigenvalue weighted by Gasteiger charge is 2.25. The molecule has 0 radical (unpaired) electrons. The molecule has 1 aliphatic rings. The van der Waals surface area contributed by atoms with Crippen LogP contribution in [0.2, 0.25) is 0 Å². The van der Waals surface area contributed by atoms with E-state index in [4.69, 9.17) is 14.5 Å². The van der Waals surface area contributed by atoms with E-state index < -0.39 is 0 Å². The number of hydrogen-bond donors (Lipinski definition) is 1. The molecule has 4 rings (SSSR count). The third kappa shape index (κ3) is 3.67. The van der Waals surface area contributed by atoms with E-state index in [-0.39, 0.29) is 10.7 Å². The number of nitrogens with one attached hydrogen (secondary N) is 1. The van der Waals surface area contributed by atoms with Gasteiger partial charge in [0.15, 0.2) is 11.0 Å². The van der Waals surface area contributed by atoms with Crippen LogP contribution in [-0.4, -0.2) is 26.2 Å². The van der Waals surface area contributed by atoms with E-state index in [1.165, 1.54) is 24.6 Å². The van der Waals surface area contributed by atoms with Gasteiger partial charge in [0, 0.05) is 16.8 Å². The molecule has 0 spiro atoms. The van der Waals surface area contributed by atoms with E-state index in [2.05, 4.69) is 42.3 Å². The summed E-state index contributed by atoms with van der Waals surface area (Å²) in [6.45, 7) is 8.25. The summed E-state index contributed by atoms with van der Waals surface area (Å²) in [5.74, 6) is 2.23. The maximum absolute atomic E-state index is 5.46. The van der Waals surface area contributed by atoms with E-state index in [1.807, 2.05) is 25.1 Å². The summed E-state index contributed by atoms with van der Waals surface area (Å²) in [5, 5.41) is 9.39. The monoisotopic (exact) mass is 369 g/mol. The van der Waals surface area contributed by atoms with Gasteiger partial charge in [0.05, 0.1) is 10.8 Å². The van der Waals surface area contributed by atoms with E-state index in [9.17, 15) is 0 Å². The molecule has 26 heavy (non-hydrogen) atoms. The molecule has 0 aliphatic heterocycles. The fourth-order valence-electron chi connectivity index (χ4n) is 2.55. The topological polar surface area (TPSA) is 76.7 Å². The molecule has 1 atom stereocenters. The molecule has 2 aromatic heterocycles. The molecule has 136 valence electrons. The third-order valence-electron chi connectivity index (χ3n) is 4.24. The molecular weight excluding hydrogens is 346 g/mol. The molecule has 6 nitrogen and oxygen atoms in total. The summed E-state index contributed by atoms with van der Waals surface area (Å²) < 4.78 is 5.46. The number of benzene rings is 1. The number of para-hydroxylation sites is 1. The number of anilines is 1. The number of rotatable bonds is 5. The second kappa shape index (κ2) is 6.54. The first-order valence-electron chi connectivity index (χ1n) is 8.94. The molecule has 1 N–H and O–H groups in total. The van der Waals surface area contributed by atoms with Gasteiger partial charge in [-0.05, 0) is 31.9 Å². The number of aromatic nitrogens is 4. The fourth-order valence-corrected chi connectivity index (χ4v) is 3.36. The zero-order valence-corrected chi connectivity index (χ0v) is 16.3. The van der Waals surface area contributed by atoms with Crippen molar-refractivity contribution in [2.75, 3.05) is 5.32 Å². The molecule has 0 amide bonds. The van der Waals surface area contributed by atoms with Crippen molar-refractivity contribution in [3.63, 3.8) is 0 Å². The van der Waals surface area contributed by atoms with Gasteiger partial charge in [0.25, 0.3) is 0 Å². The van der Waals surface area contributed by atoms with Crippen molar-refractivity contribution in [1.29, 1.82) is 0 Å². The largest absolute Gasteiger partial charge is 0.367 e. The quantitative estimate of drug-likeness (QED) is 0.514. The van der Waals surface area contributed by atoms with Crippen LogP contribution in [0.25, 0.3) is 10.9 Å². The van der Waals surface area contributed by atoms with E-state index in [0.717, 1.165) is 27.7 Å². The Labute approximate surface area is 157 Å². The average molecular weight is 369 g/mol. The zero-order valence-electron chi connectivity index (χ0n) is 15.5. The Morgan fingerprint density at radius 1 is 1.15 bits per heavy atom. The van der Waals surface area contributed by atoms with Crippen LogP contribution in [-0.2, 0) is 5.41 Å². The Kier molecular flexibility index (Phi) is 4.34. The van der Waals surface area contributed by atoms with Crippen molar-refractivity contribution in [3.05, 3.63) is 36.0 Å². The summed E-state index contributed by atoms with van der Waals surface area (Å²) in [4.78, 5) is 14.0. The number of thioether (sulfide) groups is 1. The average Bonchev–Trinajstić information content (AvgIpc) is 3.24. The van der Waals surface area contributed by atoms with Crippen molar-refractivity contribution in [3.8, 4) is 0 Å². The summed E-state index contributed by atoms with van der Waals surface area (Å²) in [7, 11) is 0. The van der Waals surface area contributed by atoms with Gasteiger partial charge in [-0.15, -0.1) is 0 Å². The Hall–Kier alpha value is -2.15. The standard InChI is InChI=1S/C19H23N5OS/c1-11(16-23-17(24-25-16)19(2,3)4)26-18-21-14-8-6-5-7-13(14)15(22-18)20-12-9-10-12/h5-8,11-12H,9-10H2,1-4H3,(H,20,21,22)/t11-/m1/s1. The molecule has 0 saturated heterocycles. The number of nitrogens with zero attached hydrogens (tertiary/aromatic N) is 4. The summed E-state index contributed by atoms with van der Waals surface area (Å²) in [6, 6.07) is 8.64. The van der Waals surface area contributed by atoms with Gasteiger partial charge in [-0.2, -0.15) is 4.98 Å². The van der Waals surface area contributed by atoms with Gasteiger partial charge in [-0.3, -0.25) is 0 Å². The van der Waals surface area contributed by atoms with Crippen LogP contribution >= 0.6 is 11.8 Å². The Morgan fingerprint density at radius 2 is 1.92 bits per heavy atom. The lowest BCUT2D eigenvalue weighted by molar-refractivity contribution is 0.364. The predicted octanol–water partition coefficient (Wildman–Crippen LogP) is 4.74. The maximum atomic E-state index is 5.46. The Morgan fingerprint density at radius 3 is 2.62 bits per heavy atom. The Balaban J connectivity index is 1.60. The van der Waals surface area contributed by atoms with Crippen molar-refractivity contribution >= 4 is 28.5 Å². The molecule has 2 heterocycles. The van der Waals surface area contributed by atoms with E-state index in [0.29, 0.717) is 11.9 Å². The molecule has 1 aromatic carbocycles. The van der Waals surface area contributed by atoms with Crippen LogP contribution in [0.3, 0.4) is 0 Å². The normalized spacial score (nSPS) is 16.0. The predicted molar refractivity (Wildman–Crippen MR) is 103 cm³/mol. The third-order valence-corrected chi connectivity index (χ3v) is 5.19. The van der Waals surface area contributed by atoms with Crippen LogP contribution in [0.1, 0.15) is 57.5 Å². The first-order chi connectivity index (χ1) is 12.4. The van der Waals surface area contributed by atoms with Crippen LogP contribution in [0.15, 0.2) is 33.9 Å². The first-order valence-corrected chi connectivity index (χ1v) is 9.82. The highest BCUT2D eigenvalue weighted by Crippen LogP contribution is 2.36. The minimum Gasteiger partial charge on any atom is -0.367 e. The summed E-state index contributed by atoms with van der Waals surface area (Å²) in [5.41, 5.74) is 0.814. The van der Waals surface area contributed by atoms with Gasteiger partial charge in [-0.1, -0.05) is 49.8 Å². The second-order valence-electron chi connectivity index (χ2n) is 7.76. The molecule has 3 aromatic rings. The molecule has 1 saturated carbocycles. The minimum absolute atomic E-state index is 0.0199. The van der Waals surface area contributed by atoms with Crippen molar-refractivity contribution < 1.29 is 4.52 Å². The molecule has 7 heteroatoms. The number of fused-ring (bicyclic) bond motifs is 1. The fraction of sp³-hybridized carbons (Fsp3) is 0.474. The minimum atomic E-state index is -0.132.